The Bertz CT molecular complexity index is 393. The normalized spacial score (nSPS) is 20.5. The summed E-state index contributed by atoms with van der Waals surface area (Å²) in [5, 5.41) is 0. The Kier molecular flexibility index (Phi) is 3.10. The van der Waals surface area contributed by atoms with E-state index in [-0.39, 0.29) is 18.2 Å². The molecule has 0 bridgehead atoms. The van der Waals surface area contributed by atoms with Gasteiger partial charge in [-0.25, -0.2) is 8.78 Å². The number of hydrogen-bond donors (Lipinski definition) is 1. The zero-order valence-electron chi connectivity index (χ0n) is 9.34. The molecule has 1 aromatic carbocycles. The maximum atomic E-state index is 13.8. The molecule has 16 heavy (non-hydrogen) atoms. The summed E-state index contributed by atoms with van der Waals surface area (Å²) in [5.41, 5.74) is 5.92. The molecule has 0 amide bonds. The van der Waals surface area contributed by atoms with Crippen molar-refractivity contribution in [3.8, 4) is 0 Å². The van der Waals surface area contributed by atoms with Gasteiger partial charge in [0, 0.05) is 24.7 Å². The molecule has 1 aliphatic rings. The number of rotatable bonds is 2. The predicted molar refractivity (Wildman–Crippen MR) is 60.3 cm³/mol. The third-order valence-electron chi connectivity index (χ3n) is 3.22. The maximum Gasteiger partial charge on any atom is 0.182 e. The molecule has 1 atom stereocenters. The molecular weight excluding hydrogens is 210 g/mol. The third-order valence-corrected chi connectivity index (χ3v) is 3.22. The highest BCUT2D eigenvalue weighted by molar-refractivity contribution is 5.51. The van der Waals surface area contributed by atoms with E-state index in [0.29, 0.717) is 5.69 Å². The van der Waals surface area contributed by atoms with Gasteiger partial charge in [0.2, 0.25) is 0 Å². The number of nitrogens with two attached hydrogens (primary N) is 1. The van der Waals surface area contributed by atoms with Crippen LogP contribution in [0.1, 0.15) is 25.3 Å². The largest absolute Gasteiger partial charge is 0.366 e. The summed E-state index contributed by atoms with van der Waals surface area (Å²) in [5.74, 6) is -1.57. The minimum absolute atomic E-state index is 0.0264. The Labute approximate surface area is 94.0 Å². The fourth-order valence-electron chi connectivity index (χ4n) is 2.25. The van der Waals surface area contributed by atoms with Gasteiger partial charge in [0.1, 0.15) is 0 Å². The number of anilines is 1. The lowest BCUT2D eigenvalue weighted by Crippen LogP contribution is -2.27. The van der Waals surface area contributed by atoms with Crippen LogP contribution in [0.3, 0.4) is 0 Å². The lowest BCUT2D eigenvalue weighted by Gasteiger charge is -2.24. The highest BCUT2D eigenvalue weighted by atomic mass is 19.2. The van der Waals surface area contributed by atoms with Crippen LogP contribution < -0.4 is 10.6 Å². The van der Waals surface area contributed by atoms with E-state index < -0.39 is 11.6 Å². The minimum atomic E-state index is -0.806. The van der Waals surface area contributed by atoms with Crippen molar-refractivity contribution in [1.29, 1.82) is 0 Å². The second-order valence-corrected chi connectivity index (χ2v) is 4.26. The van der Waals surface area contributed by atoms with Gasteiger partial charge in [-0.05, 0) is 25.8 Å². The van der Waals surface area contributed by atoms with Crippen LogP contribution in [0.4, 0.5) is 14.5 Å². The smallest absolute Gasteiger partial charge is 0.182 e. The SMILES string of the molecule is CC1CCCN1c1ccc(CN)c(F)c1F. The van der Waals surface area contributed by atoms with E-state index in [0.717, 1.165) is 19.4 Å². The highest BCUT2D eigenvalue weighted by Crippen LogP contribution is 2.30. The first kappa shape index (κ1) is 11.3. The minimum Gasteiger partial charge on any atom is -0.366 e. The Balaban J connectivity index is 2.38. The summed E-state index contributed by atoms with van der Waals surface area (Å²) in [4.78, 5) is 1.92. The van der Waals surface area contributed by atoms with E-state index in [1.54, 1.807) is 12.1 Å². The average molecular weight is 226 g/mol. The molecule has 1 aromatic rings. The number of halogens is 2. The molecule has 4 heteroatoms. The average Bonchev–Trinajstić information content (AvgIpc) is 2.69. The molecule has 0 spiro atoms. The summed E-state index contributed by atoms with van der Waals surface area (Å²) < 4.78 is 27.4. The van der Waals surface area contributed by atoms with E-state index in [1.165, 1.54) is 0 Å². The van der Waals surface area contributed by atoms with Crippen molar-refractivity contribution in [1.82, 2.24) is 0 Å². The van der Waals surface area contributed by atoms with Crippen LogP contribution in [0.5, 0.6) is 0 Å². The third kappa shape index (κ3) is 1.78. The van der Waals surface area contributed by atoms with Crippen molar-refractivity contribution in [2.24, 2.45) is 5.73 Å². The first-order chi connectivity index (χ1) is 7.65. The molecule has 1 heterocycles. The predicted octanol–water partition coefficient (Wildman–Crippen LogP) is 2.41. The molecule has 0 saturated carbocycles. The highest BCUT2D eigenvalue weighted by Gasteiger charge is 2.25. The Morgan fingerprint density at radius 2 is 2.12 bits per heavy atom. The van der Waals surface area contributed by atoms with Gasteiger partial charge >= 0.3 is 0 Å². The van der Waals surface area contributed by atoms with Crippen LogP contribution in [-0.4, -0.2) is 12.6 Å². The lowest BCUT2D eigenvalue weighted by atomic mass is 10.1. The van der Waals surface area contributed by atoms with Gasteiger partial charge in [0.15, 0.2) is 11.6 Å². The fourth-order valence-corrected chi connectivity index (χ4v) is 2.25. The molecule has 0 aliphatic carbocycles. The molecule has 1 aliphatic heterocycles. The van der Waals surface area contributed by atoms with E-state index in [9.17, 15) is 8.78 Å². The standard InChI is InChI=1S/C12H16F2N2/c1-8-3-2-6-16(8)10-5-4-9(7-15)11(13)12(10)14/h4-5,8H,2-3,6-7,15H2,1H3. The van der Waals surface area contributed by atoms with Crippen LogP contribution in [0.2, 0.25) is 0 Å². The maximum absolute atomic E-state index is 13.8. The van der Waals surface area contributed by atoms with E-state index in [1.807, 2.05) is 11.8 Å². The first-order valence-corrected chi connectivity index (χ1v) is 5.58. The summed E-state index contributed by atoms with van der Waals surface area (Å²) >= 11 is 0. The number of nitrogens with zero attached hydrogens (tertiary/aromatic N) is 1. The molecule has 0 aromatic heterocycles. The van der Waals surface area contributed by atoms with Crippen LogP contribution in [0, 0.1) is 11.6 Å². The topological polar surface area (TPSA) is 29.3 Å². The van der Waals surface area contributed by atoms with Gasteiger partial charge in [-0.3, -0.25) is 0 Å². The van der Waals surface area contributed by atoms with E-state index >= 15 is 0 Å². The van der Waals surface area contributed by atoms with Crippen molar-refractivity contribution >= 4 is 5.69 Å². The fraction of sp³-hybridized carbons (Fsp3) is 0.500. The summed E-state index contributed by atoms with van der Waals surface area (Å²) in [6, 6.07) is 3.47. The molecule has 2 nitrogen and oxygen atoms in total. The van der Waals surface area contributed by atoms with E-state index in [2.05, 4.69) is 0 Å². The van der Waals surface area contributed by atoms with Crippen LogP contribution in [0.15, 0.2) is 12.1 Å². The van der Waals surface area contributed by atoms with Gasteiger partial charge in [-0.15, -0.1) is 0 Å². The Morgan fingerprint density at radius 3 is 2.69 bits per heavy atom. The van der Waals surface area contributed by atoms with Gasteiger partial charge < -0.3 is 10.6 Å². The van der Waals surface area contributed by atoms with Crippen LogP contribution >= 0.6 is 0 Å². The summed E-state index contributed by atoms with van der Waals surface area (Å²) in [6.07, 6.45) is 2.06. The van der Waals surface area contributed by atoms with Crippen molar-refractivity contribution in [3.63, 3.8) is 0 Å². The first-order valence-electron chi connectivity index (χ1n) is 5.58. The van der Waals surface area contributed by atoms with Crippen LogP contribution in [0.25, 0.3) is 0 Å². The number of hydrogen-bond acceptors (Lipinski definition) is 2. The van der Waals surface area contributed by atoms with Crippen molar-refractivity contribution in [3.05, 3.63) is 29.3 Å². The Morgan fingerprint density at radius 1 is 1.38 bits per heavy atom. The van der Waals surface area contributed by atoms with Crippen molar-refractivity contribution < 1.29 is 8.78 Å². The van der Waals surface area contributed by atoms with Gasteiger partial charge in [0.25, 0.3) is 0 Å². The molecule has 1 saturated heterocycles. The number of benzene rings is 1. The molecule has 0 radical (unpaired) electrons. The second-order valence-electron chi connectivity index (χ2n) is 4.26. The molecule has 88 valence electrons. The lowest BCUT2D eigenvalue weighted by molar-refractivity contribution is 0.496. The molecular formula is C12H16F2N2. The van der Waals surface area contributed by atoms with Gasteiger partial charge in [0.05, 0.1) is 5.69 Å². The van der Waals surface area contributed by atoms with Crippen LogP contribution in [-0.2, 0) is 6.54 Å². The zero-order chi connectivity index (χ0) is 11.7. The van der Waals surface area contributed by atoms with Crippen molar-refractivity contribution in [2.45, 2.75) is 32.4 Å². The quantitative estimate of drug-likeness (QED) is 0.839. The zero-order valence-corrected chi connectivity index (χ0v) is 9.34. The molecule has 1 fully saturated rings. The van der Waals surface area contributed by atoms with Gasteiger partial charge in [-0.2, -0.15) is 0 Å². The summed E-state index contributed by atoms with van der Waals surface area (Å²) in [7, 11) is 0. The molecule has 2 N–H and O–H groups in total. The Hall–Kier alpha value is -1.16. The van der Waals surface area contributed by atoms with Crippen molar-refractivity contribution in [2.75, 3.05) is 11.4 Å². The second kappa shape index (κ2) is 4.37. The summed E-state index contributed by atoms with van der Waals surface area (Å²) in [6.45, 7) is 2.85. The monoisotopic (exact) mass is 226 g/mol. The molecule has 2 rings (SSSR count). The van der Waals surface area contributed by atoms with Gasteiger partial charge in [-0.1, -0.05) is 6.07 Å². The van der Waals surface area contributed by atoms with E-state index in [4.69, 9.17) is 5.73 Å². The molecule has 1 unspecified atom stereocenters.